The van der Waals surface area contributed by atoms with Crippen LogP contribution in [0.4, 0.5) is 15.8 Å². The molecule has 0 aliphatic carbocycles. The van der Waals surface area contributed by atoms with Crippen LogP contribution < -0.4 is 10.1 Å². The van der Waals surface area contributed by atoms with Crippen LogP contribution in [0.15, 0.2) is 36.4 Å². The van der Waals surface area contributed by atoms with E-state index in [1.165, 1.54) is 18.1 Å². The van der Waals surface area contributed by atoms with Crippen molar-refractivity contribution in [1.29, 1.82) is 0 Å². The molecule has 0 aromatic heterocycles. The van der Waals surface area contributed by atoms with Gasteiger partial charge in [0.1, 0.15) is 0 Å². The zero-order valence-corrected chi connectivity index (χ0v) is 14.1. The maximum Gasteiger partial charge on any atom is 0.313 e. The molecule has 0 heterocycles. The topological polar surface area (TPSA) is 84.7 Å². The van der Waals surface area contributed by atoms with E-state index in [1.807, 2.05) is 0 Å². The molecule has 0 unspecified atom stereocenters. The molecule has 0 saturated heterocycles. The van der Waals surface area contributed by atoms with E-state index in [-0.39, 0.29) is 23.9 Å². The molecule has 0 spiro atoms. The number of methoxy groups -OCH3 is 1. The average Bonchev–Trinajstić information content (AvgIpc) is 2.60. The third kappa shape index (κ3) is 4.23. The molecule has 25 heavy (non-hydrogen) atoms. The molecule has 0 saturated carbocycles. The molecular formula is C17H18FN3O4. The number of nitro benzene ring substituents is 1. The number of nitrogens with zero attached hydrogens (tertiary/aromatic N) is 2. The Kier molecular flexibility index (Phi) is 5.53. The number of carbonyl (C=O) groups is 1. The highest BCUT2D eigenvalue weighted by Crippen LogP contribution is 2.32. The second-order valence-corrected chi connectivity index (χ2v) is 5.51. The standard InChI is InChI=1S/C17H18FN3O4/c1-20(2)17(22)12-6-4-11(5-7-12)10-19-14-9-16(25-3)15(21(23)24)8-13(14)18/h4-9,19H,10H2,1-3H3. The van der Waals surface area contributed by atoms with Crippen molar-refractivity contribution in [3.63, 3.8) is 0 Å². The van der Waals surface area contributed by atoms with E-state index < -0.39 is 16.4 Å². The lowest BCUT2D eigenvalue weighted by atomic mass is 10.1. The Bertz CT molecular complexity index is 791. The highest BCUT2D eigenvalue weighted by Gasteiger charge is 2.19. The normalized spacial score (nSPS) is 10.2. The lowest BCUT2D eigenvalue weighted by molar-refractivity contribution is -0.385. The third-order valence-corrected chi connectivity index (χ3v) is 3.56. The molecule has 0 aliphatic rings. The molecule has 0 fully saturated rings. The summed E-state index contributed by atoms with van der Waals surface area (Å²) < 4.78 is 18.9. The highest BCUT2D eigenvalue weighted by molar-refractivity contribution is 5.93. The van der Waals surface area contributed by atoms with Gasteiger partial charge in [0, 0.05) is 32.3 Å². The fourth-order valence-electron chi connectivity index (χ4n) is 2.21. The summed E-state index contributed by atoms with van der Waals surface area (Å²) in [5.41, 5.74) is 1.04. The number of benzene rings is 2. The second kappa shape index (κ2) is 7.61. The minimum atomic E-state index is -0.744. The summed E-state index contributed by atoms with van der Waals surface area (Å²) in [6.45, 7) is 0.286. The molecule has 2 rings (SSSR count). The number of nitro groups is 1. The summed E-state index contributed by atoms with van der Waals surface area (Å²) >= 11 is 0. The van der Waals surface area contributed by atoms with E-state index in [0.717, 1.165) is 11.6 Å². The van der Waals surface area contributed by atoms with Gasteiger partial charge in [0.2, 0.25) is 0 Å². The van der Waals surface area contributed by atoms with Crippen LogP contribution in [0.1, 0.15) is 15.9 Å². The lowest BCUT2D eigenvalue weighted by Crippen LogP contribution is -2.21. The van der Waals surface area contributed by atoms with Crippen molar-refractivity contribution in [1.82, 2.24) is 4.90 Å². The summed E-state index contributed by atoms with van der Waals surface area (Å²) in [6, 6.07) is 8.95. The van der Waals surface area contributed by atoms with Crippen molar-refractivity contribution in [3.8, 4) is 5.75 Å². The van der Waals surface area contributed by atoms with Gasteiger partial charge in [-0.15, -0.1) is 0 Å². The zero-order chi connectivity index (χ0) is 18.6. The molecule has 8 heteroatoms. The van der Waals surface area contributed by atoms with Gasteiger partial charge < -0.3 is 15.0 Å². The summed E-state index contributed by atoms with van der Waals surface area (Å²) in [7, 11) is 4.62. The number of nitrogens with one attached hydrogen (secondary N) is 1. The quantitative estimate of drug-likeness (QED) is 0.641. The first-order chi connectivity index (χ1) is 11.8. The number of hydrogen-bond donors (Lipinski definition) is 1. The van der Waals surface area contributed by atoms with Crippen molar-refractivity contribution in [3.05, 3.63) is 63.5 Å². The van der Waals surface area contributed by atoms with E-state index >= 15 is 0 Å². The lowest BCUT2D eigenvalue weighted by Gasteiger charge is -2.12. The molecule has 2 aromatic carbocycles. The summed E-state index contributed by atoms with van der Waals surface area (Å²) in [6.07, 6.45) is 0. The minimum Gasteiger partial charge on any atom is -0.490 e. The Labute approximate surface area is 144 Å². The van der Waals surface area contributed by atoms with Crippen LogP contribution in [0.2, 0.25) is 0 Å². The van der Waals surface area contributed by atoms with Crippen molar-refractivity contribution in [2.75, 3.05) is 26.5 Å². The van der Waals surface area contributed by atoms with Crippen LogP contribution in [0.5, 0.6) is 5.75 Å². The van der Waals surface area contributed by atoms with Crippen LogP contribution in [0, 0.1) is 15.9 Å². The van der Waals surface area contributed by atoms with Gasteiger partial charge in [-0.25, -0.2) is 4.39 Å². The second-order valence-electron chi connectivity index (χ2n) is 5.51. The van der Waals surface area contributed by atoms with E-state index in [1.54, 1.807) is 38.4 Å². The van der Waals surface area contributed by atoms with Crippen LogP contribution in [-0.4, -0.2) is 36.9 Å². The Morgan fingerprint density at radius 2 is 1.92 bits per heavy atom. The van der Waals surface area contributed by atoms with Gasteiger partial charge >= 0.3 is 5.69 Å². The monoisotopic (exact) mass is 347 g/mol. The Morgan fingerprint density at radius 3 is 2.44 bits per heavy atom. The number of ether oxygens (including phenoxy) is 1. The first-order valence-corrected chi connectivity index (χ1v) is 7.40. The number of carbonyl (C=O) groups excluding carboxylic acids is 1. The molecule has 132 valence electrons. The van der Waals surface area contributed by atoms with Crippen LogP contribution in [0.25, 0.3) is 0 Å². The van der Waals surface area contributed by atoms with Gasteiger partial charge in [-0.2, -0.15) is 0 Å². The van der Waals surface area contributed by atoms with E-state index in [2.05, 4.69) is 5.32 Å². The van der Waals surface area contributed by atoms with Crippen LogP contribution >= 0.6 is 0 Å². The van der Waals surface area contributed by atoms with E-state index in [9.17, 15) is 19.3 Å². The largest absolute Gasteiger partial charge is 0.490 e. The molecule has 0 aliphatic heterocycles. The SMILES string of the molecule is COc1cc(NCc2ccc(C(=O)N(C)C)cc2)c(F)cc1[N+](=O)[O-]. The maximum absolute atomic E-state index is 14.0. The molecule has 0 atom stereocenters. The number of hydrogen-bond acceptors (Lipinski definition) is 5. The van der Waals surface area contributed by atoms with Crippen LogP contribution in [0.3, 0.4) is 0 Å². The van der Waals surface area contributed by atoms with Gasteiger partial charge in [0.15, 0.2) is 11.6 Å². The minimum absolute atomic E-state index is 0.0270. The Morgan fingerprint density at radius 1 is 1.28 bits per heavy atom. The summed E-state index contributed by atoms with van der Waals surface area (Å²) in [5, 5.41) is 13.7. The molecule has 0 radical (unpaired) electrons. The molecule has 1 N–H and O–H groups in total. The Balaban J connectivity index is 2.13. The number of amides is 1. The first kappa shape index (κ1) is 18.2. The summed E-state index contributed by atoms with van der Waals surface area (Å²) in [5.74, 6) is -0.876. The van der Waals surface area contributed by atoms with E-state index in [4.69, 9.17) is 4.74 Å². The highest BCUT2D eigenvalue weighted by atomic mass is 19.1. The summed E-state index contributed by atoms with van der Waals surface area (Å²) in [4.78, 5) is 23.5. The fourth-order valence-corrected chi connectivity index (χ4v) is 2.21. The van der Waals surface area contributed by atoms with Crippen LogP contribution in [-0.2, 0) is 6.54 Å². The van der Waals surface area contributed by atoms with Gasteiger partial charge in [-0.1, -0.05) is 12.1 Å². The number of anilines is 1. The maximum atomic E-state index is 14.0. The fraction of sp³-hybridized carbons (Fsp3) is 0.235. The van der Waals surface area contributed by atoms with Crippen molar-refractivity contribution in [2.45, 2.75) is 6.54 Å². The van der Waals surface area contributed by atoms with Crippen molar-refractivity contribution < 1.29 is 18.8 Å². The Hall–Kier alpha value is -3.16. The average molecular weight is 347 g/mol. The molecule has 7 nitrogen and oxygen atoms in total. The number of rotatable bonds is 6. The molecule has 1 amide bonds. The van der Waals surface area contributed by atoms with Gasteiger partial charge in [0.05, 0.1) is 23.8 Å². The zero-order valence-electron chi connectivity index (χ0n) is 14.1. The molecular weight excluding hydrogens is 329 g/mol. The van der Waals surface area contributed by atoms with Gasteiger partial charge in [-0.3, -0.25) is 14.9 Å². The molecule has 0 bridgehead atoms. The third-order valence-electron chi connectivity index (χ3n) is 3.56. The van der Waals surface area contributed by atoms with Gasteiger partial charge in [0.25, 0.3) is 5.91 Å². The predicted molar refractivity (Wildman–Crippen MR) is 91.4 cm³/mol. The molecule has 2 aromatic rings. The predicted octanol–water partition coefficient (Wildman–Crippen LogP) is 3.06. The van der Waals surface area contributed by atoms with Crippen molar-refractivity contribution >= 4 is 17.3 Å². The first-order valence-electron chi connectivity index (χ1n) is 7.40. The van der Waals surface area contributed by atoms with Gasteiger partial charge in [-0.05, 0) is 17.7 Å². The van der Waals surface area contributed by atoms with E-state index in [0.29, 0.717) is 5.56 Å². The smallest absolute Gasteiger partial charge is 0.313 e. The van der Waals surface area contributed by atoms with Crippen molar-refractivity contribution in [2.24, 2.45) is 0 Å². The number of halogens is 1.